The minimum Gasteiger partial charge on any atom is -0.383 e. The Labute approximate surface area is 139 Å². The first-order valence-electron chi connectivity index (χ1n) is 7.19. The fourth-order valence-electron chi connectivity index (χ4n) is 2.66. The van der Waals surface area contributed by atoms with Crippen LogP contribution < -0.4 is 0 Å². The molecule has 4 nitrogen and oxygen atoms in total. The monoisotopic (exact) mass is 338 g/mol. The number of ether oxygens (including phenoxy) is 1. The van der Waals surface area contributed by atoms with Crippen molar-refractivity contribution in [2.75, 3.05) is 19.5 Å². The van der Waals surface area contributed by atoms with Crippen molar-refractivity contribution in [1.82, 2.24) is 9.55 Å². The lowest BCUT2D eigenvalue weighted by Crippen LogP contribution is -2.14. The van der Waals surface area contributed by atoms with E-state index in [4.69, 9.17) is 4.74 Å². The van der Waals surface area contributed by atoms with E-state index in [1.165, 1.54) is 11.8 Å². The summed E-state index contributed by atoms with van der Waals surface area (Å²) in [6, 6.07) is 2.21. The van der Waals surface area contributed by atoms with Gasteiger partial charge in [0.05, 0.1) is 18.4 Å². The third-order valence-corrected chi connectivity index (χ3v) is 5.70. The van der Waals surface area contributed by atoms with E-state index < -0.39 is 0 Å². The van der Waals surface area contributed by atoms with Crippen molar-refractivity contribution in [3.8, 4) is 0 Å². The van der Waals surface area contributed by atoms with Crippen LogP contribution in [0, 0.1) is 20.8 Å². The summed E-state index contributed by atoms with van der Waals surface area (Å²) < 4.78 is 8.36. The zero-order valence-corrected chi connectivity index (χ0v) is 15.3. The molecular formula is C16H22N2O2S2. The molecule has 0 aliphatic rings. The van der Waals surface area contributed by atoms with Crippen LogP contribution >= 0.6 is 23.1 Å². The van der Waals surface area contributed by atoms with Gasteiger partial charge in [-0.3, -0.25) is 4.79 Å². The van der Waals surface area contributed by atoms with E-state index in [9.17, 15) is 4.79 Å². The number of carbonyl (C=O) groups is 1. The average molecular weight is 338 g/mol. The van der Waals surface area contributed by atoms with Gasteiger partial charge in [0.25, 0.3) is 0 Å². The molecule has 120 valence electrons. The van der Waals surface area contributed by atoms with Crippen LogP contribution in [-0.4, -0.2) is 34.8 Å². The van der Waals surface area contributed by atoms with Crippen LogP contribution in [0.1, 0.15) is 40.4 Å². The Kier molecular flexibility index (Phi) is 5.83. The van der Waals surface area contributed by atoms with Gasteiger partial charge in [0.2, 0.25) is 0 Å². The van der Waals surface area contributed by atoms with E-state index >= 15 is 0 Å². The van der Waals surface area contributed by atoms with Crippen molar-refractivity contribution in [1.29, 1.82) is 0 Å². The van der Waals surface area contributed by atoms with Crippen LogP contribution in [0.5, 0.6) is 0 Å². The molecule has 1 unspecified atom stereocenters. The smallest absolute Gasteiger partial charge is 0.174 e. The molecular weight excluding hydrogens is 316 g/mol. The molecule has 0 N–H and O–H groups in total. The third-order valence-electron chi connectivity index (χ3n) is 3.56. The van der Waals surface area contributed by atoms with Crippen LogP contribution in [0.15, 0.2) is 15.8 Å². The minimum atomic E-state index is 0.154. The number of aromatic nitrogens is 2. The summed E-state index contributed by atoms with van der Waals surface area (Å²) in [4.78, 5) is 16.9. The highest BCUT2D eigenvalue weighted by molar-refractivity contribution is 8.01. The molecule has 0 saturated carbocycles. The van der Waals surface area contributed by atoms with E-state index in [0.717, 1.165) is 27.0 Å². The molecule has 0 aliphatic carbocycles. The molecule has 0 fully saturated rings. The molecule has 22 heavy (non-hydrogen) atoms. The molecule has 2 rings (SSSR count). The summed E-state index contributed by atoms with van der Waals surface area (Å²) in [5, 5.41) is 2.01. The Morgan fingerprint density at radius 1 is 1.45 bits per heavy atom. The molecule has 2 heterocycles. The maximum atomic E-state index is 12.5. The Morgan fingerprint density at radius 3 is 2.77 bits per heavy atom. The first-order chi connectivity index (χ1) is 10.4. The van der Waals surface area contributed by atoms with E-state index in [1.807, 2.05) is 32.2 Å². The molecule has 0 saturated heterocycles. The Morgan fingerprint density at radius 2 is 2.18 bits per heavy atom. The van der Waals surface area contributed by atoms with Gasteiger partial charge in [0.15, 0.2) is 10.1 Å². The highest BCUT2D eigenvalue weighted by Gasteiger charge is 2.19. The Bertz CT molecular complexity index is 661. The molecule has 6 heteroatoms. The van der Waals surface area contributed by atoms with Crippen molar-refractivity contribution in [3.63, 3.8) is 0 Å². The molecule has 0 spiro atoms. The van der Waals surface area contributed by atoms with Crippen LogP contribution in [0.3, 0.4) is 0 Å². The molecule has 1 atom stereocenters. The van der Waals surface area contributed by atoms with Gasteiger partial charge in [-0.1, -0.05) is 11.8 Å². The van der Waals surface area contributed by atoms with Gasteiger partial charge in [0, 0.05) is 35.1 Å². The summed E-state index contributed by atoms with van der Waals surface area (Å²) in [6.45, 7) is 8.74. The normalized spacial score (nSPS) is 12.6. The van der Waals surface area contributed by atoms with Gasteiger partial charge in [0.1, 0.15) is 0 Å². The summed E-state index contributed by atoms with van der Waals surface area (Å²) in [7, 11) is 1.70. The minimum absolute atomic E-state index is 0.154. The van der Waals surface area contributed by atoms with Gasteiger partial charge < -0.3 is 9.30 Å². The van der Waals surface area contributed by atoms with Gasteiger partial charge in [-0.15, -0.1) is 11.3 Å². The van der Waals surface area contributed by atoms with E-state index in [2.05, 4.69) is 16.5 Å². The number of ketones is 1. The SMILES string of the molecule is COCC(C)n1c(C)cc(C(=O)CSc2nc(C)cs2)c1C. The standard InChI is InChI=1S/C16H22N2O2S2/c1-10-8-21-16(17-10)22-9-15(19)14-6-11(2)18(13(14)4)12(3)7-20-5/h6,8,12H,7,9H2,1-5H3. The third kappa shape index (κ3) is 3.80. The van der Waals surface area contributed by atoms with Crippen LogP contribution in [0.4, 0.5) is 0 Å². The van der Waals surface area contributed by atoms with Crippen LogP contribution in [0.25, 0.3) is 0 Å². The maximum absolute atomic E-state index is 12.5. The summed E-state index contributed by atoms with van der Waals surface area (Å²) in [6.07, 6.45) is 0. The summed E-state index contributed by atoms with van der Waals surface area (Å²) in [5.74, 6) is 0.581. The fourth-order valence-corrected chi connectivity index (χ4v) is 4.39. The molecule has 2 aromatic rings. The average Bonchev–Trinajstić information content (AvgIpc) is 3.00. The Hall–Kier alpha value is -1.11. The number of aryl methyl sites for hydroxylation is 2. The van der Waals surface area contributed by atoms with Crippen molar-refractivity contribution in [2.24, 2.45) is 0 Å². The highest BCUT2D eigenvalue weighted by Crippen LogP contribution is 2.26. The quantitative estimate of drug-likeness (QED) is 0.564. The van der Waals surface area contributed by atoms with Gasteiger partial charge in [-0.2, -0.15) is 0 Å². The van der Waals surface area contributed by atoms with E-state index in [-0.39, 0.29) is 11.8 Å². The lowest BCUT2D eigenvalue weighted by molar-refractivity contribution is 0.102. The van der Waals surface area contributed by atoms with Crippen molar-refractivity contribution < 1.29 is 9.53 Å². The molecule has 0 radical (unpaired) electrons. The van der Waals surface area contributed by atoms with Crippen LogP contribution in [0.2, 0.25) is 0 Å². The molecule has 0 aromatic carbocycles. The zero-order chi connectivity index (χ0) is 16.3. The highest BCUT2D eigenvalue weighted by atomic mass is 32.2. The predicted octanol–water partition coefficient (Wildman–Crippen LogP) is 4.05. The number of carbonyl (C=O) groups excluding carboxylic acids is 1. The van der Waals surface area contributed by atoms with E-state index in [0.29, 0.717) is 12.4 Å². The fraction of sp³-hybridized carbons (Fsp3) is 0.500. The summed E-state index contributed by atoms with van der Waals surface area (Å²) in [5.41, 5.74) is 3.93. The molecule has 0 bridgehead atoms. The maximum Gasteiger partial charge on any atom is 0.174 e. The predicted molar refractivity (Wildman–Crippen MR) is 92.4 cm³/mol. The largest absolute Gasteiger partial charge is 0.383 e. The molecule has 0 aliphatic heterocycles. The molecule has 2 aromatic heterocycles. The van der Waals surface area contributed by atoms with Crippen LogP contribution in [-0.2, 0) is 4.74 Å². The van der Waals surface area contributed by atoms with E-state index in [1.54, 1.807) is 18.4 Å². The first kappa shape index (κ1) is 17.2. The second kappa shape index (κ2) is 7.44. The number of nitrogens with zero attached hydrogens (tertiary/aromatic N) is 2. The number of thioether (sulfide) groups is 1. The summed E-state index contributed by atoms with van der Waals surface area (Å²) >= 11 is 3.10. The zero-order valence-electron chi connectivity index (χ0n) is 13.7. The van der Waals surface area contributed by atoms with Crippen molar-refractivity contribution in [2.45, 2.75) is 38.1 Å². The van der Waals surface area contributed by atoms with Crippen molar-refractivity contribution >= 4 is 28.9 Å². The van der Waals surface area contributed by atoms with Gasteiger partial charge in [-0.05, 0) is 33.8 Å². The lowest BCUT2D eigenvalue weighted by atomic mass is 10.2. The number of methoxy groups -OCH3 is 1. The lowest BCUT2D eigenvalue weighted by Gasteiger charge is -2.17. The second-order valence-electron chi connectivity index (χ2n) is 5.43. The number of hydrogen-bond acceptors (Lipinski definition) is 5. The van der Waals surface area contributed by atoms with Gasteiger partial charge in [-0.25, -0.2) is 4.98 Å². The number of thiazole rings is 1. The number of hydrogen-bond donors (Lipinski definition) is 0. The number of rotatable bonds is 7. The topological polar surface area (TPSA) is 44.1 Å². The number of Topliss-reactive ketones (excluding diaryl/α,β-unsaturated/α-hetero) is 1. The first-order valence-corrected chi connectivity index (χ1v) is 9.06. The van der Waals surface area contributed by atoms with Gasteiger partial charge >= 0.3 is 0 Å². The van der Waals surface area contributed by atoms with Crippen molar-refractivity contribution in [3.05, 3.63) is 34.1 Å². The Balaban J connectivity index is 2.11. The second-order valence-corrected chi connectivity index (χ2v) is 7.51. The molecule has 0 amide bonds.